The number of halogens is 5. The number of aromatic nitrogens is 4. The molecule has 0 aromatic carbocycles. The van der Waals surface area contributed by atoms with Crippen LogP contribution in [0.2, 0.25) is 0 Å². The van der Waals surface area contributed by atoms with Crippen molar-refractivity contribution < 1.29 is 31.3 Å². The molecule has 0 bridgehead atoms. The fourth-order valence-corrected chi connectivity index (χ4v) is 3.25. The van der Waals surface area contributed by atoms with Gasteiger partial charge in [-0.1, -0.05) is 5.16 Å². The van der Waals surface area contributed by atoms with E-state index in [1.807, 2.05) is 0 Å². The first kappa shape index (κ1) is 21.3. The number of nitrogens with one attached hydrogen (secondary N) is 1. The molecule has 2 saturated heterocycles. The molecule has 9 nitrogen and oxygen atoms in total. The summed E-state index contributed by atoms with van der Waals surface area (Å²) in [6.45, 7) is 3.12. The number of amides is 1. The van der Waals surface area contributed by atoms with Crippen molar-refractivity contribution in [1.82, 2.24) is 30.3 Å². The summed E-state index contributed by atoms with van der Waals surface area (Å²) in [5.41, 5.74) is -1.70. The third-order valence-corrected chi connectivity index (χ3v) is 5.18. The Labute approximate surface area is 172 Å². The van der Waals surface area contributed by atoms with E-state index in [-0.39, 0.29) is 25.1 Å². The zero-order valence-corrected chi connectivity index (χ0v) is 16.3. The largest absolute Gasteiger partial charge is 0.433 e. The lowest BCUT2D eigenvalue weighted by Crippen LogP contribution is -2.51. The Kier molecular flexibility index (Phi) is 5.27. The van der Waals surface area contributed by atoms with Gasteiger partial charge >= 0.3 is 23.9 Å². The molecule has 1 atom stereocenters. The molecule has 0 spiro atoms. The van der Waals surface area contributed by atoms with Crippen LogP contribution in [0.3, 0.4) is 0 Å². The highest BCUT2D eigenvalue weighted by molar-refractivity contribution is 5.84. The van der Waals surface area contributed by atoms with Gasteiger partial charge in [0, 0.05) is 38.8 Å². The second kappa shape index (κ2) is 7.66. The van der Waals surface area contributed by atoms with Crippen LogP contribution in [-0.4, -0.2) is 69.7 Å². The van der Waals surface area contributed by atoms with E-state index in [4.69, 9.17) is 0 Å². The Morgan fingerprint density at radius 2 is 1.84 bits per heavy atom. The molecule has 168 valence electrons. The normalized spacial score (nSPS) is 20.0. The second-order valence-electron chi connectivity index (χ2n) is 7.31. The monoisotopic (exact) mass is 447 g/mol. The van der Waals surface area contributed by atoms with Gasteiger partial charge in [0.1, 0.15) is 5.69 Å². The lowest BCUT2D eigenvalue weighted by molar-refractivity contribution is -0.163. The maximum Gasteiger partial charge on any atom is 0.433 e. The van der Waals surface area contributed by atoms with Gasteiger partial charge in [-0.25, -0.2) is 9.97 Å². The lowest BCUT2D eigenvalue weighted by atomic mass is 10.1. The zero-order valence-electron chi connectivity index (χ0n) is 16.3. The zero-order chi connectivity index (χ0) is 22.4. The van der Waals surface area contributed by atoms with Crippen molar-refractivity contribution in [3.8, 4) is 11.5 Å². The molecule has 0 unspecified atom stereocenters. The predicted octanol–water partition coefficient (Wildman–Crippen LogP) is 1.67. The number of alkyl halides is 5. The SMILES string of the molecule is C[C@H]1CCN1c1nc(-c2noc(C(F)(F)C(=O)N3CCNCC3)n2)cc(C(F)(F)F)n1. The first-order valence-electron chi connectivity index (χ1n) is 9.53. The summed E-state index contributed by atoms with van der Waals surface area (Å²) in [6.07, 6.45) is -4.04. The van der Waals surface area contributed by atoms with Gasteiger partial charge in [-0.05, 0) is 19.4 Å². The molecule has 2 aromatic rings. The van der Waals surface area contributed by atoms with Gasteiger partial charge in [-0.3, -0.25) is 4.79 Å². The molecule has 1 amide bonds. The summed E-state index contributed by atoms with van der Waals surface area (Å²) in [5, 5.41) is 6.27. The van der Waals surface area contributed by atoms with E-state index in [1.54, 1.807) is 11.8 Å². The van der Waals surface area contributed by atoms with Gasteiger partial charge in [-0.15, -0.1) is 0 Å². The van der Waals surface area contributed by atoms with Gasteiger partial charge in [0.2, 0.25) is 11.8 Å². The van der Waals surface area contributed by atoms with Gasteiger partial charge in [0.25, 0.3) is 0 Å². The van der Waals surface area contributed by atoms with Crippen LogP contribution in [0.1, 0.15) is 24.9 Å². The second-order valence-corrected chi connectivity index (χ2v) is 7.31. The predicted molar refractivity (Wildman–Crippen MR) is 95.1 cm³/mol. The molecule has 0 aliphatic carbocycles. The van der Waals surface area contributed by atoms with E-state index in [0.29, 0.717) is 25.7 Å². The van der Waals surface area contributed by atoms with E-state index in [0.717, 1.165) is 11.3 Å². The van der Waals surface area contributed by atoms with Crippen LogP contribution in [0, 0.1) is 0 Å². The van der Waals surface area contributed by atoms with E-state index < -0.39 is 41.1 Å². The fourth-order valence-electron chi connectivity index (χ4n) is 3.25. The summed E-state index contributed by atoms with van der Waals surface area (Å²) >= 11 is 0. The Morgan fingerprint density at radius 3 is 2.42 bits per heavy atom. The van der Waals surface area contributed by atoms with E-state index in [2.05, 4.69) is 29.9 Å². The highest BCUT2D eigenvalue weighted by Crippen LogP contribution is 2.34. The van der Waals surface area contributed by atoms with Gasteiger partial charge < -0.3 is 19.6 Å². The molecular formula is C17H18F5N7O2. The van der Waals surface area contributed by atoms with Crippen molar-refractivity contribution in [1.29, 1.82) is 0 Å². The molecule has 4 heterocycles. The smallest absolute Gasteiger partial charge is 0.338 e. The van der Waals surface area contributed by atoms with Gasteiger partial charge in [0.15, 0.2) is 5.69 Å². The number of carbonyl (C=O) groups is 1. The molecular weight excluding hydrogens is 429 g/mol. The first-order chi connectivity index (χ1) is 14.6. The van der Waals surface area contributed by atoms with Crippen molar-refractivity contribution in [2.75, 3.05) is 37.6 Å². The van der Waals surface area contributed by atoms with Crippen molar-refractivity contribution >= 4 is 11.9 Å². The van der Waals surface area contributed by atoms with Crippen molar-refractivity contribution in [3.05, 3.63) is 17.7 Å². The molecule has 2 fully saturated rings. The van der Waals surface area contributed by atoms with Crippen LogP contribution in [0.5, 0.6) is 0 Å². The highest BCUT2D eigenvalue weighted by Gasteiger charge is 2.50. The minimum atomic E-state index is -4.80. The Balaban J connectivity index is 1.66. The topological polar surface area (TPSA) is 100 Å². The molecule has 0 saturated carbocycles. The standard InChI is InChI=1S/C17H18F5N7O2/c1-9-2-5-29(9)15-24-10(8-11(25-15)17(20,21)22)12-26-13(31-27-12)16(18,19)14(30)28-6-3-23-4-7-28/h8-9,23H,2-7H2,1H3/t9-/m0/s1. The molecule has 4 rings (SSSR count). The highest BCUT2D eigenvalue weighted by atomic mass is 19.4. The van der Waals surface area contributed by atoms with Crippen LogP contribution in [0.4, 0.5) is 27.9 Å². The molecule has 2 aliphatic rings. The van der Waals surface area contributed by atoms with Crippen LogP contribution >= 0.6 is 0 Å². The maximum atomic E-state index is 14.6. The molecule has 2 aromatic heterocycles. The minimum absolute atomic E-state index is 0.0712. The minimum Gasteiger partial charge on any atom is -0.338 e. The number of nitrogens with zero attached hydrogens (tertiary/aromatic N) is 6. The van der Waals surface area contributed by atoms with E-state index >= 15 is 0 Å². The number of anilines is 1. The molecule has 1 N–H and O–H groups in total. The van der Waals surface area contributed by atoms with Crippen LogP contribution < -0.4 is 10.2 Å². The third-order valence-electron chi connectivity index (χ3n) is 5.18. The van der Waals surface area contributed by atoms with Crippen molar-refractivity contribution in [2.24, 2.45) is 0 Å². The van der Waals surface area contributed by atoms with E-state index in [9.17, 15) is 26.7 Å². The van der Waals surface area contributed by atoms with Crippen LogP contribution in [0.15, 0.2) is 10.6 Å². The maximum absolute atomic E-state index is 14.6. The lowest BCUT2D eigenvalue weighted by Gasteiger charge is -2.38. The number of piperazine rings is 1. The number of carbonyl (C=O) groups excluding carboxylic acids is 1. The number of hydrogen-bond donors (Lipinski definition) is 1. The van der Waals surface area contributed by atoms with Gasteiger partial charge in [-0.2, -0.15) is 26.9 Å². The average Bonchev–Trinajstić information content (AvgIpc) is 3.23. The summed E-state index contributed by atoms with van der Waals surface area (Å²) in [7, 11) is 0. The molecule has 0 radical (unpaired) electrons. The Bertz CT molecular complexity index is 974. The van der Waals surface area contributed by atoms with Crippen molar-refractivity contribution in [2.45, 2.75) is 31.5 Å². The Morgan fingerprint density at radius 1 is 1.13 bits per heavy atom. The number of hydrogen-bond acceptors (Lipinski definition) is 8. The molecule has 14 heteroatoms. The quantitative estimate of drug-likeness (QED) is 0.707. The third kappa shape index (κ3) is 4.03. The summed E-state index contributed by atoms with van der Waals surface area (Å²) < 4.78 is 73.7. The van der Waals surface area contributed by atoms with Crippen molar-refractivity contribution in [3.63, 3.8) is 0 Å². The average molecular weight is 447 g/mol. The summed E-state index contributed by atoms with van der Waals surface area (Å²) in [6, 6.07) is 0.483. The fraction of sp³-hybridized carbons (Fsp3) is 0.588. The number of rotatable bonds is 4. The van der Waals surface area contributed by atoms with Crippen LogP contribution in [-0.2, 0) is 16.9 Å². The molecule has 31 heavy (non-hydrogen) atoms. The first-order valence-corrected chi connectivity index (χ1v) is 9.53. The summed E-state index contributed by atoms with van der Waals surface area (Å²) in [4.78, 5) is 25.7. The Hall–Kier alpha value is -2.90. The molecule has 2 aliphatic heterocycles. The van der Waals surface area contributed by atoms with Gasteiger partial charge in [0.05, 0.1) is 0 Å². The summed E-state index contributed by atoms with van der Waals surface area (Å²) in [5.74, 6) is -7.75. The van der Waals surface area contributed by atoms with E-state index in [1.165, 1.54) is 0 Å². The van der Waals surface area contributed by atoms with Crippen LogP contribution in [0.25, 0.3) is 11.5 Å².